The molecule has 1 heterocycles. The normalized spacial score (nSPS) is 15.8. The smallest absolute Gasteiger partial charge is 0.405 e. The van der Waals surface area contributed by atoms with Gasteiger partial charge in [0.05, 0.1) is 6.54 Å². The minimum Gasteiger partial charge on any atom is -0.444 e. The molecule has 1 aliphatic heterocycles. The van der Waals surface area contributed by atoms with Crippen molar-refractivity contribution in [1.82, 2.24) is 10.2 Å². The fourth-order valence-electron chi connectivity index (χ4n) is 1.88. The van der Waals surface area contributed by atoms with Gasteiger partial charge in [-0.25, -0.2) is 4.79 Å². The summed E-state index contributed by atoms with van der Waals surface area (Å²) in [4.78, 5) is 23.4. The Balaban J connectivity index is 0.000000396. The van der Waals surface area contributed by atoms with Crippen molar-refractivity contribution in [3.63, 3.8) is 0 Å². The second-order valence-corrected chi connectivity index (χ2v) is 5.82. The first-order valence-corrected chi connectivity index (χ1v) is 7.22. The quantitative estimate of drug-likeness (QED) is 0.823. The van der Waals surface area contributed by atoms with Crippen molar-refractivity contribution in [2.75, 3.05) is 26.2 Å². The Hall–Kier alpha value is -1.30. The molecular weight excluding hydrogens is 258 g/mol. The molecule has 0 spiro atoms. The lowest BCUT2D eigenvalue weighted by atomic mass is 10.1. The maximum Gasteiger partial charge on any atom is 0.405 e. The van der Waals surface area contributed by atoms with Crippen LogP contribution < -0.4 is 11.1 Å². The largest absolute Gasteiger partial charge is 0.444 e. The summed E-state index contributed by atoms with van der Waals surface area (Å²) < 4.78 is 4.58. The van der Waals surface area contributed by atoms with Crippen LogP contribution in [0.25, 0.3) is 0 Å². The van der Waals surface area contributed by atoms with Gasteiger partial charge in [-0.05, 0) is 53.6 Å². The summed E-state index contributed by atoms with van der Waals surface area (Å²) in [5.74, 6) is 0.166. The molecule has 0 aromatic carbocycles. The second-order valence-electron chi connectivity index (χ2n) is 5.82. The number of carbonyl (C=O) groups excluding carboxylic acids is 2. The number of hydrogen-bond acceptors (Lipinski definition) is 4. The molecule has 0 aromatic rings. The fourth-order valence-corrected chi connectivity index (χ4v) is 1.88. The van der Waals surface area contributed by atoms with E-state index in [1.54, 1.807) is 20.8 Å². The van der Waals surface area contributed by atoms with Crippen LogP contribution in [-0.4, -0.2) is 48.7 Å². The number of piperidine rings is 1. The number of nitrogens with two attached hydrogens (primary N) is 1. The van der Waals surface area contributed by atoms with Gasteiger partial charge in [-0.2, -0.15) is 0 Å². The average molecular weight is 287 g/mol. The van der Waals surface area contributed by atoms with E-state index < -0.39 is 11.7 Å². The van der Waals surface area contributed by atoms with Crippen molar-refractivity contribution in [1.29, 1.82) is 0 Å². The molecule has 2 amide bonds. The molecule has 6 heteroatoms. The standard InChI is InChI=1S/C9H18N2O.C5H11NO2/c1-2-10-9(12)8-11-6-4-3-5-7-11;1-5(2,3)8-4(6)7/h2-8H2,1H3,(H,10,12);1-3H3,(H2,6,7). The molecule has 0 bridgehead atoms. The number of nitrogens with one attached hydrogen (secondary N) is 1. The van der Waals surface area contributed by atoms with Crippen molar-refractivity contribution >= 4 is 12.0 Å². The third kappa shape index (κ3) is 11.8. The third-order valence-electron chi connectivity index (χ3n) is 2.60. The Morgan fingerprint density at radius 2 is 1.75 bits per heavy atom. The zero-order chi connectivity index (χ0) is 15.6. The van der Waals surface area contributed by atoms with Gasteiger partial charge in [-0.3, -0.25) is 9.69 Å². The second kappa shape index (κ2) is 9.58. The van der Waals surface area contributed by atoms with Gasteiger partial charge < -0.3 is 15.8 Å². The molecule has 6 nitrogen and oxygen atoms in total. The summed E-state index contributed by atoms with van der Waals surface area (Å²) in [6.07, 6.45) is 3.10. The molecule has 0 unspecified atom stereocenters. The van der Waals surface area contributed by atoms with E-state index in [4.69, 9.17) is 5.73 Å². The minimum absolute atomic E-state index is 0.166. The van der Waals surface area contributed by atoms with E-state index in [1.807, 2.05) is 6.92 Å². The van der Waals surface area contributed by atoms with E-state index in [0.29, 0.717) is 6.54 Å². The molecule has 1 fully saturated rings. The zero-order valence-corrected chi connectivity index (χ0v) is 13.2. The number of primary amides is 1. The molecule has 1 rings (SSSR count). The maximum atomic E-state index is 11.2. The monoisotopic (exact) mass is 287 g/mol. The van der Waals surface area contributed by atoms with Crippen molar-refractivity contribution in [2.24, 2.45) is 5.73 Å². The van der Waals surface area contributed by atoms with E-state index >= 15 is 0 Å². The molecule has 0 aliphatic carbocycles. The predicted molar refractivity (Wildman–Crippen MR) is 79.4 cm³/mol. The van der Waals surface area contributed by atoms with Gasteiger partial charge in [0.25, 0.3) is 0 Å². The number of carbonyl (C=O) groups is 2. The lowest BCUT2D eigenvalue weighted by Gasteiger charge is -2.25. The number of likely N-dealkylation sites (tertiary alicyclic amines) is 1. The Morgan fingerprint density at radius 3 is 2.10 bits per heavy atom. The number of hydrogen-bond donors (Lipinski definition) is 2. The summed E-state index contributed by atoms with van der Waals surface area (Å²) in [6.45, 7) is 10.8. The van der Waals surface area contributed by atoms with Gasteiger partial charge in [0, 0.05) is 6.54 Å². The highest BCUT2D eigenvalue weighted by molar-refractivity contribution is 5.77. The van der Waals surface area contributed by atoms with Crippen LogP contribution in [0.1, 0.15) is 47.0 Å². The van der Waals surface area contributed by atoms with Crippen LogP contribution in [0.5, 0.6) is 0 Å². The van der Waals surface area contributed by atoms with Crippen molar-refractivity contribution in [3.05, 3.63) is 0 Å². The van der Waals surface area contributed by atoms with E-state index in [1.165, 1.54) is 19.3 Å². The average Bonchev–Trinajstić information content (AvgIpc) is 2.27. The topological polar surface area (TPSA) is 84.7 Å². The summed E-state index contributed by atoms with van der Waals surface area (Å²) >= 11 is 0. The lowest BCUT2D eigenvalue weighted by molar-refractivity contribution is -0.122. The number of nitrogens with zero attached hydrogens (tertiary/aromatic N) is 1. The molecule has 0 radical (unpaired) electrons. The Bertz CT molecular complexity index is 295. The van der Waals surface area contributed by atoms with Crippen molar-refractivity contribution in [2.45, 2.75) is 52.6 Å². The molecule has 0 saturated carbocycles. The fraction of sp³-hybridized carbons (Fsp3) is 0.857. The highest BCUT2D eigenvalue weighted by atomic mass is 16.6. The van der Waals surface area contributed by atoms with E-state index in [2.05, 4.69) is 15.0 Å². The first-order valence-electron chi connectivity index (χ1n) is 7.22. The summed E-state index contributed by atoms with van der Waals surface area (Å²) in [5, 5.41) is 2.81. The summed E-state index contributed by atoms with van der Waals surface area (Å²) in [5.41, 5.74) is 4.26. The molecule has 3 N–H and O–H groups in total. The number of ether oxygens (including phenoxy) is 1. The van der Waals surface area contributed by atoms with Gasteiger partial charge in [-0.15, -0.1) is 0 Å². The van der Waals surface area contributed by atoms with Gasteiger partial charge in [0.15, 0.2) is 0 Å². The summed E-state index contributed by atoms with van der Waals surface area (Å²) in [7, 11) is 0. The van der Waals surface area contributed by atoms with Crippen LogP contribution >= 0.6 is 0 Å². The predicted octanol–water partition coefficient (Wildman–Crippen LogP) is 1.49. The van der Waals surface area contributed by atoms with Gasteiger partial charge >= 0.3 is 6.09 Å². The molecular formula is C14H29N3O3. The molecule has 0 aromatic heterocycles. The molecule has 118 valence electrons. The number of rotatable bonds is 3. The number of likely N-dealkylation sites (N-methyl/N-ethyl adjacent to an activating group) is 1. The molecule has 20 heavy (non-hydrogen) atoms. The third-order valence-corrected chi connectivity index (χ3v) is 2.60. The van der Waals surface area contributed by atoms with Crippen LogP contribution in [0, 0.1) is 0 Å². The van der Waals surface area contributed by atoms with Gasteiger partial charge in [-0.1, -0.05) is 6.42 Å². The van der Waals surface area contributed by atoms with Crippen molar-refractivity contribution in [3.8, 4) is 0 Å². The first-order chi connectivity index (χ1) is 9.24. The van der Waals surface area contributed by atoms with Crippen molar-refractivity contribution < 1.29 is 14.3 Å². The Kier molecular flexibility index (Phi) is 8.96. The van der Waals surface area contributed by atoms with E-state index in [0.717, 1.165) is 19.6 Å². The number of amides is 2. The Morgan fingerprint density at radius 1 is 1.20 bits per heavy atom. The zero-order valence-electron chi connectivity index (χ0n) is 13.2. The highest BCUT2D eigenvalue weighted by Gasteiger charge is 2.13. The molecule has 1 aliphatic rings. The highest BCUT2D eigenvalue weighted by Crippen LogP contribution is 2.07. The van der Waals surface area contributed by atoms with E-state index in [9.17, 15) is 9.59 Å². The van der Waals surface area contributed by atoms with Gasteiger partial charge in [0.2, 0.25) is 5.91 Å². The SMILES string of the molecule is CC(C)(C)OC(N)=O.CCNC(=O)CN1CCCCC1. The lowest BCUT2D eigenvalue weighted by Crippen LogP contribution is -2.39. The van der Waals surface area contributed by atoms with Crippen LogP contribution in [0.15, 0.2) is 0 Å². The van der Waals surface area contributed by atoms with Crippen LogP contribution in [0.3, 0.4) is 0 Å². The van der Waals surface area contributed by atoms with Crippen LogP contribution in [-0.2, 0) is 9.53 Å². The van der Waals surface area contributed by atoms with Gasteiger partial charge in [0.1, 0.15) is 5.60 Å². The van der Waals surface area contributed by atoms with Crippen LogP contribution in [0.2, 0.25) is 0 Å². The van der Waals surface area contributed by atoms with E-state index in [-0.39, 0.29) is 5.91 Å². The Labute approximate surface area is 122 Å². The molecule has 1 saturated heterocycles. The maximum absolute atomic E-state index is 11.2. The van der Waals surface area contributed by atoms with Crippen LogP contribution in [0.4, 0.5) is 4.79 Å². The minimum atomic E-state index is -0.725. The molecule has 0 atom stereocenters. The first kappa shape index (κ1) is 18.7. The summed E-state index contributed by atoms with van der Waals surface area (Å²) in [6, 6.07) is 0.